The second-order valence-corrected chi connectivity index (χ2v) is 8.16. The number of hydrogen-bond donors (Lipinski definition) is 1. The lowest BCUT2D eigenvalue weighted by Gasteiger charge is -2.21. The molecule has 0 bridgehead atoms. The molecule has 156 valence electrons. The van der Waals surface area contributed by atoms with Crippen LogP contribution >= 0.6 is 0 Å². The molecule has 29 heavy (non-hydrogen) atoms. The van der Waals surface area contributed by atoms with Crippen LogP contribution in [0, 0.1) is 6.92 Å². The maximum absolute atomic E-state index is 13.8. The molecular formula is C17H19F4N7O. The largest absolute Gasteiger partial charge is 0.425 e. The van der Waals surface area contributed by atoms with E-state index in [0.717, 1.165) is 4.90 Å². The summed E-state index contributed by atoms with van der Waals surface area (Å²) in [5, 5.41) is 7.62. The van der Waals surface area contributed by atoms with Crippen LogP contribution in [0.15, 0.2) is 4.42 Å². The van der Waals surface area contributed by atoms with E-state index >= 15 is 0 Å². The van der Waals surface area contributed by atoms with Gasteiger partial charge in [-0.2, -0.15) is 17.6 Å². The van der Waals surface area contributed by atoms with E-state index < -0.39 is 30.3 Å². The van der Waals surface area contributed by atoms with Gasteiger partial charge in [0.25, 0.3) is 0 Å². The first-order valence-electron chi connectivity index (χ1n) is 8.92. The van der Waals surface area contributed by atoms with Gasteiger partial charge < -0.3 is 14.3 Å². The number of nitrogens with zero attached hydrogens (tertiary/aromatic N) is 6. The summed E-state index contributed by atoms with van der Waals surface area (Å²) in [4.78, 5) is 16.9. The molecule has 4 rings (SSSR count). The van der Waals surface area contributed by atoms with E-state index in [1.54, 1.807) is 6.92 Å². The van der Waals surface area contributed by atoms with Crippen LogP contribution in [0.25, 0.3) is 11.2 Å². The predicted octanol–water partition coefficient (Wildman–Crippen LogP) is 3.02. The van der Waals surface area contributed by atoms with E-state index in [9.17, 15) is 17.6 Å². The maximum atomic E-state index is 13.8. The quantitative estimate of drug-likeness (QED) is 0.660. The minimum Gasteiger partial charge on any atom is -0.425 e. The van der Waals surface area contributed by atoms with E-state index in [4.69, 9.17) is 4.42 Å². The number of nitrogens with one attached hydrogen (secondary N) is 1. The molecular weight excluding hydrogens is 394 g/mol. The lowest BCUT2D eigenvalue weighted by molar-refractivity contribution is -0.172. The summed E-state index contributed by atoms with van der Waals surface area (Å²) in [5.41, 5.74) is -0.140. The molecule has 0 radical (unpaired) electrons. The zero-order valence-corrected chi connectivity index (χ0v) is 16.2. The van der Waals surface area contributed by atoms with Crippen LogP contribution in [0.1, 0.15) is 44.2 Å². The van der Waals surface area contributed by atoms with Crippen molar-refractivity contribution in [2.24, 2.45) is 0 Å². The fraction of sp³-hybridized carbons (Fsp3) is 0.588. The highest BCUT2D eigenvalue weighted by atomic mass is 19.3. The van der Waals surface area contributed by atoms with Crippen molar-refractivity contribution in [3.63, 3.8) is 0 Å². The third-order valence-corrected chi connectivity index (χ3v) is 4.55. The van der Waals surface area contributed by atoms with Crippen LogP contribution in [0.2, 0.25) is 0 Å². The van der Waals surface area contributed by atoms with Crippen LogP contribution < -0.4 is 4.90 Å². The molecule has 0 aliphatic carbocycles. The highest BCUT2D eigenvalue weighted by Crippen LogP contribution is 2.43. The van der Waals surface area contributed by atoms with Crippen LogP contribution in [0.5, 0.6) is 0 Å². The SMILES string of the molecule is Cc1nnc(Cc2nc3nc(C(C)(C)C)nc(N4CC(F)(F)C(F)(F)C4)c3[nH]2)o1. The third-order valence-electron chi connectivity index (χ3n) is 4.55. The monoisotopic (exact) mass is 413 g/mol. The van der Waals surface area contributed by atoms with Gasteiger partial charge in [-0.15, -0.1) is 10.2 Å². The molecule has 0 amide bonds. The van der Waals surface area contributed by atoms with Crippen LogP contribution in [0.4, 0.5) is 23.4 Å². The number of hydrogen-bond acceptors (Lipinski definition) is 7. The van der Waals surface area contributed by atoms with Crippen molar-refractivity contribution in [1.29, 1.82) is 0 Å². The molecule has 0 unspecified atom stereocenters. The van der Waals surface area contributed by atoms with Crippen molar-refractivity contribution >= 4 is 17.0 Å². The summed E-state index contributed by atoms with van der Waals surface area (Å²) in [7, 11) is 0. The van der Waals surface area contributed by atoms with Crippen molar-refractivity contribution in [2.45, 2.75) is 51.4 Å². The van der Waals surface area contributed by atoms with Gasteiger partial charge in [0.05, 0.1) is 19.5 Å². The van der Waals surface area contributed by atoms with Crippen LogP contribution in [-0.2, 0) is 11.8 Å². The number of aryl methyl sites for hydroxylation is 1. The summed E-state index contributed by atoms with van der Waals surface area (Å²) in [6.45, 7) is 4.85. The summed E-state index contributed by atoms with van der Waals surface area (Å²) in [5.74, 6) is -6.97. The molecule has 0 spiro atoms. The van der Waals surface area contributed by atoms with Crippen molar-refractivity contribution in [1.82, 2.24) is 30.1 Å². The second-order valence-electron chi connectivity index (χ2n) is 8.16. The Morgan fingerprint density at radius 1 is 1.03 bits per heavy atom. The molecule has 12 heteroatoms. The molecule has 0 atom stereocenters. The zero-order valence-electron chi connectivity index (χ0n) is 16.2. The highest BCUT2D eigenvalue weighted by molar-refractivity contribution is 5.84. The Bertz CT molecular complexity index is 1050. The molecule has 1 saturated heterocycles. The number of halogens is 4. The first kappa shape index (κ1) is 19.5. The first-order chi connectivity index (χ1) is 13.4. The molecule has 1 N–H and O–H groups in total. The van der Waals surface area contributed by atoms with Gasteiger partial charge in [0.1, 0.15) is 17.2 Å². The number of rotatable bonds is 3. The summed E-state index contributed by atoms with van der Waals surface area (Å²) >= 11 is 0. The number of aromatic amines is 1. The molecule has 0 aromatic carbocycles. The number of aromatic nitrogens is 6. The van der Waals surface area contributed by atoms with E-state index in [1.165, 1.54) is 0 Å². The fourth-order valence-electron chi connectivity index (χ4n) is 3.05. The molecule has 8 nitrogen and oxygen atoms in total. The summed E-state index contributed by atoms with van der Waals surface area (Å²) in [6, 6.07) is 0. The minimum absolute atomic E-state index is 0.0303. The number of fused-ring (bicyclic) bond motifs is 1. The lowest BCUT2D eigenvalue weighted by Crippen LogP contribution is -2.38. The Hall–Kier alpha value is -2.79. The standard InChI is InChI=1S/C17H19F4N7O/c1-8-26-27-10(29-8)5-9-22-11-12(23-9)24-14(15(2,3)4)25-13(11)28-6-16(18,19)17(20,21)7-28/h5-7H2,1-4H3,(H,22,23,24,25). The van der Waals surface area contributed by atoms with Gasteiger partial charge in [0.15, 0.2) is 11.5 Å². The fourth-order valence-corrected chi connectivity index (χ4v) is 3.05. The second kappa shape index (κ2) is 6.10. The molecule has 0 saturated carbocycles. The average Bonchev–Trinajstić information content (AvgIpc) is 3.22. The Labute approximate surface area is 162 Å². The Morgan fingerprint density at radius 3 is 2.24 bits per heavy atom. The number of imidazole rings is 1. The Morgan fingerprint density at radius 2 is 1.69 bits per heavy atom. The normalized spacial score (nSPS) is 18.7. The van der Waals surface area contributed by atoms with Gasteiger partial charge in [-0.25, -0.2) is 15.0 Å². The Kier molecular flexibility index (Phi) is 4.11. The van der Waals surface area contributed by atoms with Gasteiger partial charge in [0.2, 0.25) is 11.8 Å². The van der Waals surface area contributed by atoms with Crippen LogP contribution in [-0.4, -0.2) is 55.1 Å². The van der Waals surface area contributed by atoms with Gasteiger partial charge in [-0.3, -0.25) is 0 Å². The van der Waals surface area contributed by atoms with Crippen molar-refractivity contribution < 1.29 is 22.0 Å². The van der Waals surface area contributed by atoms with Crippen molar-refractivity contribution in [3.8, 4) is 0 Å². The topological polar surface area (TPSA) is 96.6 Å². The zero-order chi connectivity index (χ0) is 21.2. The van der Waals surface area contributed by atoms with Gasteiger partial charge in [-0.1, -0.05) is 20.8 Å². The molecule has 3 aromatic rings. The molecule has 1 aliphatic heterocycles. The van der Waals surface area contributed by atoms with E-state index in [1.807, 2.05) is 20.8 Å². The van der Waals surface area contributed by atoms with Crippen molar-refractivity contribution in [3.05, 3.63) is 23.4 Å². The first-order valence-corrected chi connectivity index (χ1v) is 8.92. The van der Waals surface area contributed by atoms with Gasteiger partial charge in [0, 0.05) is 12.3 Å². The summed E-state index contributed by atoms with van der Waals surface area (Å²) in [6.07, 6.45) is 0.147. The van der Waals surface area contributed by atoms with Gasteiger partial charge >= 0.3 is 11.8 Å². The molecule has 1 fully saturated rings. The molecule has 4 heterocycles. The predicted molar refractivity (Wildman–Crippen MR) is 94.3 cm³/mol. The highest BCUT2D eigenvalue weighted by Gasteiger charge is 2.63. The molecule has 3 aromatic heterocycles. The summed E-state index contributed by atoms with van der Waals surface area (Å²) < 4.78 is 60.5. The Balaban J connectivity index is 1.81. The maximum Gasteiger partial charge on any atom is 0.329 e. The minimum atomic E-state index is -4.16. The average molecular weight is 413 g/mol. The van der Waals surface area contributed by atoms with Gasteiger partial charge in [-0.05, 0) is 0 Å². The smallest absolute Gasteiger partial charge is 0.329 e. The molecule has 1 aliphatic rings. The van der Waals surface area contributed by atoms with Crippen LogP contribution in [0.3, 0.4) is 0 Å². The lowest BCUT2D eigenvalue weighted by atomic mass is 9.96. The number of alkyl halides is 4. The number of anilines is 1. The van der Waals surface area contributed by atoms with Crippen molar-refractivity contribution in [2.75, 3.05) is 18.0 Å². The van der Waals surface area contributed by atoms with E-state index in [-0.39, 0.29) is 23.4 Å². The number of H-pyrrole nitrogens is 1. The van der Waals surface area contributed by atoms with E-state index in [0.29, 0.717) is 23.4 Å². The van der Waals surface area contributed by atoms with E-state index in [2.05, 4.69) is 30.1 Å². The third kappa shape index (κ3) is 3.40.